The molecule has 0 aliphatic heterocycles. The highest BCUT2D eigenvalue weighted by atomic mass is 32.2. The van der Waals surface area contributed by atoms with Gasteiger partial charge in [0.2, 0.25) is 0 Å². The summed E-state index contributed by atoms with van der Waals surface area (Å²) in [6.07, 6.45) is 5.00. The molecule has 2 saturated carbocycles. The fourth-order valence-corrected chi connectivity index (χ4v) is 3.85. The molecule has 0 aromatic carbocycles. The molecule has 4 N–H and O–H groups in total. The lowest BCUT2D eigenvalue weighted by Crippen LogP contribution is -2.55. The lowest BCUT2D eigenvalue weighted by atomic mass is 9.77. The molecule has 1 aromatic rings. The van der Waals surface area contributed by atoms with Gasteiger partial charge in [0.1, 0.15) is 11.5 Å². The van der Waals surface area contributed by atoms with Crippen molar-refractivity contribution in [2.45, 2.75) is 43.7 Å². The topological polar surface area (TPSA) is 124 Å². The van der Waals surface area contributed by atoms with E-state index in [4.69, 9.17) is 5.11 Å². The van der Waals surface area contributed by atoms with Gasteiger partial charge in [-0.1, -0.05) is 0 Å². The molecule has 9 heteroatoms. The number of rotatable bonds is 6. The Morgan fingerprint density at radius 1 is 1.45 bits per heavy atom. The summed E-state index contributed by atoms with van der Waals surface area (Å²) in [5.74, 6) is -0.750. The Morgan fingerprint density at radius 3 is 2.60 bits per heavy atom. The first kappa shape index (κ1) is 13.5. The number of aromatic carboxylic acids is 1. The zero-order chi connectivity index (χ0) is 14.4. The second-order valence-electron chi connectivity index (χ2n) is 5.38. The van der Waals surface area contributed by atoms with Crippen LogP contribution in [-0.2, 0) is 15.7 Å². The molecule has 0 spiro atoms. The third-order valence-electron chi connectivity index (χ3n) is 3.70. The predicted molar refractivity (Wildman–Crippen MR) is 69.3 cm³/mol. The van der Waals surface area contributed by atoms with Crippen LogP contribution < -0.4 is 9.44 Å². The van der Waals surface area contributed by atoms with Crippen LogP contribution in [0.15, 0.2) is 6.20 Å². The molecule has 0 unspecified atom stereocenters. The van der Waals surface area contributed by atoms with Crippen LogP contribution in [0.2, 0.25) is 0 Å². The van der Waals surface area contributed by atoms with Crippen molar-refractivity contribution < 1.29 is 18.3 Å². The quantitative estimate of drug-likeness (QED) is 0.592. The minimum atomic E-state index is -3.60. The van der Waals surface area contributed by atoms with Crippen molar-refractivity contribution >= 4 is 16.2 Å². The van der Waals surface area contributed by atoms with Crippen molar-refractivity contribution in [1.82, 2.24) is 19.4 Å². The summed E-state index contributed by atoms with van der Waals surface area (Å²) in [5.41, 5.74) is -0.852. The van der Waals surface area contributed by atoms with Gasteiger partial charge in [-0.15, -0.1) is 0 Å². The van der Waals surface area contributed by atoms with Crippen molar-refractivity contribution in [2.75, 3.05) is 0 Å². The predicted octanol–water partition coefficient (Wildman–Crippen LogP) is 0.0735. The standard InChI is InChI=1S/C11H16N4O4S/c16-9(17)8-6-12-10(13-8)11(4-1-5-11)15-20(18,19)14-7-2-3-7/h6-7,14-15H,1-5H2,(H,12,13)(H,16,17). The summed E-state index contributed by atoms with van der Waals surface area (Å²) in [7, 11) is -3.60. The van der Waals surface area contributed by atoms with E-state index in [0.717, 1.165) is 19.3 Å². The zero-order valence-corrected chi connectivity index (χ0v) is 11.5. The van der Waals surface area contributed by atoms with Crippen LogP contribution in [-0.4, -0.2) is 35.5 Å². The number of hydrogen-bond donors (Lipinski definition) is 4. The Labute approximate surface area is 116 Å². The number of hydrogen-bond acceptors (Lipinski definition) is 4. The maximum atomic E-state index is 12.0. The van der Waals surface area contributed by atoms with Crippen LogP contribution in [0.5, 0.6) is 0 Å². The minimum Gasteiger partial charge on any atom is -0.477 e. The third-order valence-corrected chi connectivity index (χ3v) is 5.00. The highest BCUT2D eigenvalue weighted by Crippen LogP contribution is 2.40. The molecule has 2 aliphatic rings. The van der Waals surface area contributed by atoms with Gasteiger partial charge >= 0.3 is 5.97 Å². The van der Waals surface area contributed by atoms with Gasteiger partial charge in [-0.2, -0.15) is 17.9 Å². The van der Waals surface area contributed by atoms with Crippen LogP contribution in [0.1, 0.15) is 48.4 Å². The molecule has 0 bridgehead atoms. The second kappa shape index (κ2) is 4.54. The first-order chi connectivity index (χ1) is 9.40. The molecule has 2 aliphatic carbocycles. The molecular weight excluding hydrogens is 284 g/mol. The number of aromatic amines is 1. The van der Waals surface area contributed by atoms with E-state index in [2.05, 4.69) is 19.4 Å². The van der Waals surface area contributed by atoms with Gasteiger partial charge in [-0.25, -0.2) is 9.78 Å². The van der Waals surface area contributed by atoms with Gasteiger partial charge in [-0.05, 0) is 32.1 Å². The van der Waals surface area contributed by atoms with E-state index in [1.54, 1.807) is 0 Å². The summed E-state index contributed by atoms with van der Waals surface area (Å²) in [5, 5.41) is 8.89. The molecule has 0 atom stereocenters. The van der Waals surface area contributed by atoms with Gasteiger partial charge < -0.3 is 10.1 Å². The first-order valence-corrected chi connectivity index (χ1v) is 7.99. The van der Waals surface area contributed by atoms with Crippen LogP contribution in [0.25, 0.3) is 0 Å². The fraction of sp³-hybridized carbons (Fsp3) is 0.636. The van der Waals surface area contributed by atoms with Crippen molar-refractivity contribution in [3.63, 3.8) is 0 Å². The van der Waals surface area contributed by atoms with E-state index in [-0.39, 0.29) is 11.7 Å². The number of imidazole rings is 1. The van der Waals surface area contributed by atoms with Gasteiger partial charge in [0.15, 0.2) is 0 Å². The smallest absolute Gasteiger partial charge is 0.353 e. The Kier molecular flexibility index (Phi) is 3.07. The monoisotopic (exact) mass is 300 g/mol. The number of nitrogens with one attached hydrogen (secondary N) is 3. The summed E-state index contributed by atoms with van der Waals surface area (Å²) in [4.78, 5) is 17.6. The van der Waals surface area contributed by atoms with Crippen molar-refractivity contribution in [3.8, 4) is 0 Å². The molecule has 1 aromatic heterocycles. The van der Waals surface area contributed by atoms with Gasteiger partial charge in [-0.3, -0.25) is 0 Å². The summed E-state index contributed by atoms with van der Waals surface area (Å²) >= 11 is 0. The molecular formula is C11H16N4O4S. The Morgan fingerprint density at radius 2 is 2.15 bits per heavy atom. The van der Waals surface area contributed by atoms with E-state index in [9.17, 15) is 13.2 Å². The average Bonchev–Trinajstić information content (AvgIpc) is 2.95. The third kappa shape index (κ3) is 2.56. The Balaban J connectivity index is 1.81. The largest absolute Gasteiger partial charge is 0.477 e. The molecule has 2 fully saturated rings. The van der Waals surface area contributed by atoms with Crippen LogP contribution in [0.3, 0.4) is 0 Å². The molecule has 110 valence electrons. The molecule has 1 heterocycles. The summed E-state index contributed by atoms with van der Waals surface area (Å²) < 4.78 is 29.2. The average molecular weight is 300 g/mol. The second-order valence-corrected chi connectivity index (χ2v) is 6.83. The van der Waals surface area contributed by atoms with E-state index in [1.165, 1.54) is 6.20 Å². The molecule has 8 nitrogen and oxygen atoms in total. The van der Waals surface area contributed by atoms with E-state index in [1.807, 2.05) is 0 Å². The van der Waals surface area contributed by atoms with Gasteiger partial charge in [0.25, 0.3) is 10.2 Å². The van der Waals surface area contributed by atoms with Crippen molar-refractivity contribution in [1.29, 1.82) is 0 Å². The molecule has 0 amide bonds. The van der Waals surface area contributed by atoms with Gasteiger partial charge in [0.05, 0.1) is 11.7 Å². The lowest BCUT2D eigenvalue weighted by Gasteiger charge is -2.40. The molecule has 0 radical (unpaired) electrons. The van der Waals surface area contributed by atoms with Gasteiger partial charge in [0, 0.05) is 6.04 Å². The summed E-state index contributed by atoms with van der Waals surface area (Å²) in [6.45, 7) is 0. The molecule has 0 saturated heterocycles. The number of carboxylic acid groups (broad SMARTS) is 1. The van der Waals surface area contributed by atoms with Crippen LogP contribution in [0.4, 0.5) is 0 Å². The zero-order valence-electron chi connectivity index (χ0n) is 10.7. The lowest BCUT2D eigenvalue weighted by molar-refractivity contribution is 0.0690. The van der Waals surface area contributed by atoms with Crippen LogP contribution >= 0.6 is 0 Å². The normalized spacial score (nSPS) is 21.4. The number of carbonyl (C=O) groups is 1. The maximum absolute atomic E-state index is 12.0. The van der Waals surface area contributed by atoms with Crippen molar-refractivity contribution in [2.24, 2.45) is 0 Å². The molecule has 3 rings (SSSR count). The van der Waals surface area contributed by atoms with E-state index < -0.39 is 21.7 Å². The number of nitrogens with zero attached hydrogens (tertiary/aromatic N) is 1. The number of aromatic nitrogens is 2. The Bertz CT molecular complexity index is 631. The minimum absolute atomic E-state index is 0.0239. The maximum Gasteiger partial charge on any atom is 0.353 e. The fourth-order valence-electron chi connectivity index (χ4n) is 2.30. The SMILES string of the molecule is O=C(O)c1cnc(C2(NS(=O)(=O)NC3CC3)CCC2)[nH]1. The molecule has 20 heavy (non-hydrogen) atoms. The highest BCUT2D eigenvalue weighted by molar-refractivity contribution is 7.87. The number of carboxylic acids is 1. The Hall–Kier alpha value is -1.45. The van der Waals surface area contributed by atoms with E-state index in [0.29, 0.717) is 18.7 Å². The van der Waals surface area contributed by atoms with Crippen LogP contribution in [0, 0.1) is 0 Å². The van der Waals surface area contributed by atoms with E-state index >= 15 is 0 Å². The summed E-state index contributed by atoms with van der Waals surface area (Å²) in [6, 6.07) is 0.0239. The first-order valence-electron chi connectivity index (χ1n) is 6.50. The number of H-pyrrole nitrogens is 1. The highest BCUT2D eigenvalue weighted by Gasteiger charge is 2.45. The van der Waals surface area contributed by atoms with Crippen molar-refractivity contribution in [3.05, 3.63) is 17.7 Å².